The Hall–Kier alpha value is -1.94. The average molecular weight is 333 g/mol. The van der Waals surface area contributed by atoms with Gasteiger partial charge in [0.05, 0.1) is 0 Å². The smallest absolute Gasteiger partial charge is 0.336 e. The standard InChI is InChI=1S/C16H10BrFO2/c17-9-10-4-5-13-14(8-16(19)20-15(13)6-10)11-2-1-3-12(18)7-11/h1-8H,9H2. The normalized spacial score (nSPS) is 10.9. The first-order valence-electron chi connectivity index (χ1n) is 6.06. The summed E-state index contributed by atoms with van der Waals surface area (Å²) in [5.41, 5.74) is 2.42. The summed E-state index contributed by atoms with van der Waals surface area (Å²) in [6, 6.07) is 13.2. The lowest BCUT2D eigenvalue weighted by Crippen LogP contribution is -1.98. The van der Waals surface area contributed by atoms with E-state index in [0.717, 1.165) is 10.9 Å². The number of fused-ring (bicyclic) bond motifs is 1. The van der Waals surface area contributed by atoms with Gasteiger partial charge in [0.15, 0.2) is 0 Å². The van der Waals surface area contributed by atoms with Gasteiger partial charge in [-0.05, 0) is 34.9 Å². The van der Waals surface area contributed by atoms with Crippen molar-refractivity contribution in [3.8, 4) is 11.1 Å². The van der Waals surface area contributed by atoms with Gasteiger partial charge in [-0.2, -0.15) is 0 Å². The molecule has 0 saturated heterocycles. The molecule has 0 saturated carbocycles. The van der Waals surface area contributed by atoms with Crippen molar-refractivity contribution in [1.29, 1.82) is 0 Å². The molecule has 1 heterocycles. The predicted octanol–water partition coefficient (Wildman–Crippen LogP) is 4.49. The third kappa shape index (κ3) is 2.39. The first-order valence-corrected chi connectivity index (χ1v) is 7.18. The molecule has 3 aromatic rings. The molecule has 0 aliphatic rings. The summed E-state index contributed by atoms with van der Waals surface area (Å²) in [5, 5.41) is 1.47. The van der Waals surface area contributed by atoms with Crippen molar-refractivity contribution in [3.05, 3.63) is 70.3 Å². The fourth-order valence-corrected chi connectivity index (χ4v) is 2.53. The third-order valence-corrected chi connectivity index (χ3v) is 3.75. The summed E-state index contributed by atoms with van der Waals surface area (Å²) >= 11 is 3.37. The van der Waals surface area contributed by atoms with E-state index in [0.29, 0.717) is 22.0 Å². The van der Waals surface area contributed by atoms with Crippen LogP contribution in [0, 0.1) is 5.82 Å². The van der Waals surface area contributed by atoms with Crippen molar-refractivity contribution in [2.24, 2.45) is 0 Å². The Labute approximate surface area is 123 Å². The van der Waals surface area contributed by atoms with Crippen molar-refractivity contribution in [3.63, 3.8) is 0 Å². The molecule has 20 heavy (non-hydrogen) atoms. The Morgan fingerprint density at radius 1 is 1.10 bits per heavy atom. The van der Waals surface area contributed by atoms with E-state index >= 15 is 0 Å². The number of rotatable bonds is 2. The molecule has 0 N–H and O–H groups in total. The first-order chi connectivity index (χ1) is 9.67. The fourth-order valence-electron chi connectivity index (χ4n) is 2.19. The van der Waals surface area contributed by atoms with Gasteiger partial charge in [0.25, 0.3) is 0 Å². The molecule has 2 nitrogen and oxygen atoms in total. The van der Waals surface area contributed by atoms with E-state index in [2.05, 4.69) is 15.9 Å². The Morgan fingerprint density at radius 3 is 2.70 bits per heavy atom. The summed E-state index contributed by atoms with van der Waals surface area (Å²) in [6.45, 7) is 0. The van der Waals surface area contributed by atoms with E-state index in [1.807, 2.05) is 18.2 Å². The van der Waals surface area contributed by atoms with Gasteiger partial charge in [-0.15, -0.1) is 0 Å². The second kappa shape index (κ2) is 5.21. The molecule has 3 rings (SSSR count). The minimum Gasteiger partial charge on any atom is -0.423 e. The van der Waals surface area contributed by atoms with Crippen molar-refractivity contribution in [1.82, 2.24) is 0 Å². The third-order valence-electron chi connectivity index (χ3n) is 3.10. The average Bonchev–Trinajstić information content (AvgIpc) is 2.45. The highest BCUT2D eigenvalue weighted by Crippen LogP contribution is 2.28. The zero-order valence-electron chi connectivity index (χ0n) is 10.4. The monoisotopic (exact) mass is 332 g/mol. The molecule has 0 bridgehead atoms. The number of halogens is 2. The van der Waals surface area contributed by atoms with Gasteiger partial charge >= 0.3 is 5.63 Å². The van der Waals surface area contributed by atoms with Crippen LogP contribution in [0.25, 0.3) is 22.1 Å². The molecule has 0 spiro atoms. The van der Waals surface area contributed by atoms with E-state index in [9.17, 15) is 9.18 Å². The van der Waals surface area contributed by atoms with Crippen molar-refractivity contribution >= 4 is 26.9 Å². The van der Waals surface area contributed by atoms with Crippen molar-refractivity contribution < 1.29 is 8.81 Å². The highest BCUT2D eigenvalue weighted by atomic mass is 79.9. The fraction of sp³-hybridized carbons (Fsp3) is 0.0625. The molecule has 0 amide bonds. The molecule has 0 radical (unpaired) electrons. The second-order valence-electron chi connectivity index (χ2n) is 4.45. The van der Waals surface area contributed by atoms with Crippen LogP contribution in [0.2, 0.25) is 0 Å². The summed E-state index contributed by atoms with van der Waals surface area (Å²) in [4.78, 5) is 11.7. The van der Waals surface area contributed by atoms with E-state index in [-0.39, 0.29) is 5.82 Å². The van der Waals surface area contributed by atoms with Gasteiger partial charge in [0, 0.05) is 16.8 Å². The molecule has 0 fully saturated rings. The highest BCUT2D eigenvalue weighted by Gasteiger charge is 2.09. The summed E-state index contributed by atoms with van der Waals surface area (Å²) < 4.78 is 18.6. The number of hydrogen-bond acceptors (Lipinski definition) is 2. The van der Waals surface area contributed by atoms with Crippen LogP contribution in [0.5, 0.6) is 0 Å². The summed E-state index contributed by atoms with van der Waals surface area (Å²) in [6.07, 6.45) is 0. The SMILES string of the molecule is O=c1cc(-c2cccc(F)c2)c2ccc(CBr)cc2o1. The van der Waals surface area contributed by atoms with Crippen LogP contribution in [-0.2, 0) is 5.33 Å². The highest BCUT2D eigenvalue weighted by molar-refractivity contribution is 9.08. The van der Waals surface area contributed by atoms with Gasteiger partial charge < -0.3 is 4.42 Å². The Balaban J connectivity index is 2.32. The van der Waals surface area contributed by atoms with Gasteiger partial charge in [-0.1, -0.05) is 40.2 Å². The van der Waals surface area contributed by atoms with Crippen LogP contribution in [0.1, 0.15) is 5.56 Å². The summed E-state index contributed by atoms with van der Waals surface area (Å²) in [7, 11) is 0. The van der Waals surface area contributed by atoms with Gasteiger partial charge in [-0.25, -0.2) is 9.18 Å². The minimum atomic E-state index is -0.441. The molecular weight excluding hydrogens is 323 g/mol. The van der Waals surface area contributed by atoms with Crippen LogP contribution < -0.4 is 5.63 Å². The lowest BCUT2D eigenvalue weighted by molar-refractivity contribution is 0.561. The predicted molar refractivity (Wildman–Crippen MR) is 80.5 cm³/mol. The molecule has 0 aliphatic heterocycles. The Morgan fingerprint density at radius 2 is 1.95 bits per heavy atom. The quantitative estimate of drug-likeness (QED) is 0.511. The number of alkyl halides is 1. The largest absolute Gasteiger partial charge is 0.423 e. The van der Waals surface area contributed by atoms with E-state index in [4.69, 9.17) is 4.42 Å². The molecule has 0 unspecified atom stereocenters. The van der Waals surface area contributed by atoms with Crippen LogP contribution >= 0.6 is 15.9 Å². The van der Waals surface area contributed by atoms with Crippen LogP contribution in [0.4, 0.5) is 4.39 Å². The molecule has 2 aromatic carbocycles. The van der Waals surface area contributed by atoms with Crippen LogP contribution in [0.3, 0.4) is 0 Å². The Bertz CT molecular complexity index is 839. The Kier molecular flexibility index (Phi) is 3.40. The zero-order chi connectivity index (χ0) is 14.1. The van der Waals surface area contributed by atoms with Crippen LogP contribution in [0.15, 0.2) is 57.7 Å². The first kappa shape index (κ1) is 13.1. The zero-order valence-corrected chi connectivity index (χ0v) is 12.0. The second-order valence-corrected chi connectivity index (χ2v) is 5.01. The maximum atomic E-state index is 13.4. The topological polar surface area (TPSA) is 30.2 Å². The molecule has 0 aliphatic carbocycles. The molecule has 4 heteroatoms. The number of benzene rings is 2. The molecule has 100 valence electrons. The van der Waals surface area contributed by atoms with Gasteiger partial charge in [0.1, 0.15) is 11.4 Å². The van der Waals surface area contributed by atoms with Crippen LogP contribution in [-0.4, -0.2) is 0 Å². The van der Waals surface area contributed by atoms with E-state index in [1.165, 1.54) is 18.2 Å². The lowest BCUT2D eigenvalue weighted by Gasteiger charge is -2.06. The maximum absolute atomic E-state index is 13.4. The minimum absolute atomic E-state index is 0.332. The van der Waals surface area contributed by atoms with Gasteiger partial charge in [-0.3, -0.25) is 0 Å². The van der Waals surface area contributed by atoms with Crippen molar-refractivity contribution in [2.45, 2.75) is 5.33 Å². The maximum Gasteiger partial charge on any atom is 0.336 e. The molecule has 1 aromatic heterocycles. The number of hydrogen-bond donors (Lipinski definition) is 0. The van der Waals surface area contributed by atoms with Gasteiger partial charge in [0.2, 0.25) is 0 Å². The van der Waals surface area contributed by atoms with E-state index in [1.54, 1.807) is 12.1 Å². The van der Waals surface area contributed by atoms with Crippen molar-refractivity contribution in [2.75, 3.05) is 0 Å². The summed E-state index contributed by atoms with van der Waals surface area (Å²) in [5.74, 6) is -0.332. The van der Waals surface area contributed by atoms with E-state index < -0.39 is 5.63 Å². The molecule has 0 atom stereocenters. The lowest BCUT2D eigenvalue weighted by atomic mass is 10.0. The molecular formula is C16H10BrFO2.